The number of ether oxygens (including phenoxy) is 2. The maximum atomic E-state index is 13.4. The number of aromatic nitrogens is 1. The highest BCUT2D eigenvalue weighted by atomic mass is 16.5. The number of likely N-dealkylation sites (N-methyl/N-ethyl adjacent to an activating group) is 1. The molecule has 1 aliphatic heterocycles. The minimum Gasteiger partial charge on any atom is -0.488 e. The molecule has 4 rings (SSSR count). The molecule has 0 radical (unpaired) electrons. The Morgan fingerprint density at radius 1 is 0.970 bits per heavy atom. The molecule has 0 fully saturated rings. The summed E-state index contributed by atoms with van der Waals surface area (Å²) in [5.74, 6) is 1.40. The Kier molecular flexibility index (Phi) is 7.25. The third-order valence-corrected chi connectivity index (χ3v) is 5.97. The van der Waals surface area contributed by atoms with Crippen LogP contribution >= 0.6 is 0 Å². The second-order valence-electron chi connectivity index (χ2n) is 8.34. The molecule has 1 aliphatic rings. The van der Waals surface area contributed by atoms with Crippen LogP contribution in [0.4, 0.5) is 0 Å². The van der Waals surface area contributed by atoms with Gasteiger partial charge in [0.25, 0.3) is 5.91 Å². The molecule has 0 aliphatic carbocycles. The van der Waals surface area contributed by atoms with E-state index in [4.69, 9.17) is 9.47 Å². The molecule has 1 aromatic heterocycles. The quantitative estimate of drug-likeness (QED) is 0.577. The van der Waals surface area contributed by atoms with E-state index >= 15 is 0 Å². The van der Waals surface area contributed by atoms with Gasteiger partial charge in [-0.25, -0.2) is 4.98 Å². The van der Waals surface area contributed by atoms with Gasteiger partial charge in [-0.1, -0.05) is 35.9 Å². The summed E-state index contributed by atoms with van der Waals surface area (Å²) in [4.78, 5) is 21.9. The van der Waals surface area contributed by atoms with E-state index in [-0.39, 0.29) is 5.91 Å². The predicted octanol–water partition coefficient (Wildman–Crippen LogP) is 4.85. The molecule has 0 saturated carbocycles. The summed E-state index contributed by atoms with van der Waals surface area (Å²) in [6, 6.07) is 17.6. The average molecular weight is 446 g/mol. The molecule has 0 bridgehead atoms. The molecule has 2 aromatic carbocycles. The van der Waals surface area contributed by atoms with Crippen LogP contribution in [0.5, 0.6) is 17.4 Å². The first-order chi connectivity index (χ1) is 16.0. The number of benzene rings is 2. The van der Waals surface area contributed by atoms with Gasteiger partial charge >= 0.3 is 0 Å². The highest BCUT2D eigenvalue weighted by Gasteiger charge is 2.22. The van der Waals surface area contributed by atoms with E-state index < -0.39 is 0 Å². The fourth-order valence-corrected chi connectivity index (χ4v) is 4.05. The maximum Gasteiger partial charge on any atom is 0.259 e. The van der Waals surface area contributed by atoms with Gasteiger partial charge in [0.2, 0.25) is 5.88 Å². The number of aryl methyl sites for hydroxylation is 2. The first-order valence-electron chi connectivity index (χ1n) is 11.5. The fraction of sp³-hybridized carbons (Fsp3) is 0.333. The molecule has 1 amide bonds. The van der Waals surface area contributed by atoms with E-state index in [1.165, 1.54) is 16.7 Å². The van der Waals surface area contributed by atoms with Gasteiger partial charge in [0.1, 0.15) is 12.2 Å². The van der Waals surface area contributed by atoms with Gasteiger partial charge in [-0.05, 0) is 56.2 Å². The van der Waals surface area contributed by atoms with Crippen LogP contribution in [-0.4, -0.2) is 53.5 Å². The molecule has 2 heterocycles. The van der Waals surface area contributed by atoms with Gasteiger partial charge in [0.15, 0.2) is 11.5 Å². The summed E-state index contributed by atoms with van der Waals surface area (Å²) in [5.41, 5.74) is 4.28. The zero-order valence-corrected chi connectivity index (χ0v) is 19.6. The van der Waals surface area contributed by atoms with Crippen LogP contribution in [0.15, 0.2) is 60.8 Å². The minimum atomic E-state index is -0.0790. The van der Waals surface area contributed by atoms with Crippen molar-refractivity contribution in [1.29, 1.82) is 0 Å². The first kappa shape index (κ1) is 22.8. The van der Waals surface area contributed by atoms with Crippen LogP contribution < -0.4 is 9.47 Å². The van der Waals surface area contributed by atoms with Crippen molar-refractivity contribution in [3.05, 3.63) is 83.0 Å². The second-order valence-corrected chi connectivity index (χ2v) is 8.34. The largest absolute Gasteiger partial charge is 0.488 e. The predicted molar refractivity (Wildman–Crippen MR) is 129 cm³/mol. The van der Waals surface area contributed by atoms with Crippen LogP contribution in [0.25, 0.3) is 0 Å². The highest BCUT2D eigenvalue weighted by Crippen LogP contribution is 2.32. The summed E-state index contributed by atoms with van der Waals surface area (Å²) in [6.07, 6.45) is 1.63. The van der Waals surface area contributed by atoms with Gasteiger partial charge in [0.05, 0.1) is 0 Å². The van der Waals surface area contributed by atoms with Gasteiger partial charge in [-0.15, -0.1) is 0 Å². The molecule has 0 unspecified atom stereocenters. The molecule has 3 aromatic rings. The molecule has 0 saturated heterocycles. The van der Waals surface area contributed by atoms with Crippen LogP contribution in [0.3, 0.4) is 0 Å². The van der Waals surface area contributed by atoms with E-state index in [0.29, 0.717) is 42.6 Å². The standard InChI is InChI=1S/C27H31N3O3/c1-4-30-15-14-29(19-22-12-11-20(2)18-21(22)3)16-17-32-24-9-5-6-10-25(24)33-26-23(27(30)31)8-7-13-28-26/h5-13,18H,4,14-17,19H2,1-3H3. The molecular weight excluding hydrogens is 414 g/mol. The Labute approximate surface area is 195 Å². The van der Waals surface area contributed by atoms with Crippen molar-refractivity contribution in [3.63, 3.8) is 0 Å². The zero-order chi connectivity index (χ0) is 23.2. The number of fused-ring (bicyclic) bond motifs is 2. The van der Waals surface area contributed by atoms with Crippen molar-refractivity contribution in [1.82, 2.24) is 14.8 Å². The highest BCUT2D eigenvalue weighted by molar-refractivity contribution is 5.96. The van der Waals surface area contributed by atoms with Crippen LogP contribution in [0.2, 0.25) is 0 Å². The summed E-state index contributed by atoms with van der Waals surface area (Å²) < 4.78 is 12.2. The minimum absolute atomic E-state index is 0.0790. The van der Waals surface area contributed by atoms with Crippen molar-refractivity contribution in [2.75, 3.05) is 32.8 Å². The molecule has 0 spiro atoms. The lowest BCUT2D eigenvalue weighted by Gasteiger charge is -2.27. The molecule has 6 heteroatoms. The van der Waals surface area contributed by atoms with Crippen molar-refractivity contribution >= 4 is 5.91 Å². The molecule has 33 heavy (non-hydrogen) atoms. The average Bonchev–Trinajstić information content (AvgIpc) is 2.82. The summed E-state index contributed by atoms with van der Waals surface area (Å²) in [5, 5.41) is 0. The van der Waals surface area contributed by atoms with Gasteiger partial charge in [-0.2, -0.15) is 0 Å². The number of rotatable bonds is 3. The third kappa shape index (κ3) is 5.52. The first-order valence-corrected chi connectivity index (χ1v) is 11.5. The Bertz CT molecular complexity index is 1120. The van der Waals surface area contributed by atoms with E-state index in [2.05, 4.69) is 41.9 Å². The molecule has 172 valence electrons. The Morgan fingerprint density at radius 3 is 2.58 bits per heavy atom. The fourth-order valence-electron chi connectivity index (χ4n) is 4.05. The van der Waals surface area contributed by atoms with Crippen molar-refractivity contribution in [2.45, 2.75) is 27.3 Å². The zero-order valence-electron chi connectivity index (χ0n) is 19.6. The number of nitrogens with zero attached hydrogens (tertiary/aromatic N) is 3. The van der Waals surface area contributed by atoms with E-state index in [1.54, 1.807) is 18.3 Å². The second kappa shape index (κ2) is 10.5. The summed E-state index contributed by atoms with van der Waals surface area (Å²) >= 11 is 0. The Morgan fingerprint density at radius 2 is 1.79 bits per heavy atom. The molecule has 6 nitrogen and oxygen atoms in total. The van der Waals surface area contributed by atoms with Crippen molar-refractivity contribution in [2.24, 2.45) is 0 Å². The van der Waals surface area contributed by atoms with Gasteiger partial charge < -0.3 is 14.4 Å². The van der Waals surface area contributed by atoms with Crippen molar-refractivity contribution < 1.29 is 14.3 Å². The molecule has 0 atom stereocenters. The van der Waals surface area contributed by atoms with E-state index in [9.17, 15) is 4.79 Å². The van der Waals surface area contributed by atoms with Gasteiger partial charge in [-0.3, -0.25) is 9.69 Å². The number of para-hydroxylation sites is 2. The van der Waals surface area contributed by atoms with Crippen molar-refractivity contribution in [3.8, 4) is 17.4 Å². The smallest absolute Gasteiger partial charge is 0.259 e. The lowest BCUT2D eigenvalue weighted by molar-refractivity contribution is 0.0736. The number of amides is 1. The molecule has 0 N–H and O–H groups in total. The van der Waals surface area contributed by atoms with Crippen LogP contribution in [0.1, 0.15) is 34.0 Å². The number of carbonyl (C=O) groups is 1. The van der Waals surface area contributed by atoms with Crippen LogP contribution in [-0.2, 0) is 6.54 Å². The normalized spacial score (nSPS) is 15.2. The lowest BCUT2D eigenvalue weighted by atomic mass is 10.1. The number of carbonyl (C=O) groups excluding carboxylic acids is 1. The van der Waals surface area contributed by atoms with E-state index in [0.717, 1.165) is 19.6 Å². The number of hydrogen-bond acceptors (Lipinski definition) is 5. The Balaban J connectivity index is 1.65. The number of pyridine rings is 1. The Hall–Kier alpha value is -3.38. The summed E-state index contributed by atoms with van der Waals surface area (Å²) in [7, 11) is 0. The van der Waals surface area contributed by atoms with Crippen LogP contribution in [0, 0.1) is 13.8 Å². The number of hydrogen-bond donors (Lipinski definition) is 0. The molecular formula is C27H31N3O3. The lowest BCUT2D eigenvalue weighted by Crippen LogP contribution is -2.39. The summed E-state index contributed by atoms with van der Waals surface area (Å²) in [6.45, 7) is 10.3. The maximum absolute atomic E-state index is 13.4. The third-order valence-electron chi connectivity index (χ3n) is 5.97. The monoisotopic (exact) mass is 445 g/mol. The topological polar surface area (TPSA) is 54.9 Å². The van der Waals surface area contributed by atoms with Gasteiger partial charge in [0, 0.05) is 38.9 Å². The SMILES string of the molecule is CCN1CCN(Cc2ccc(C)cc2C)CCOc2ccccc2Oc2ncccc2C1=O. The van der Waals surface area contributed by atoms with E-state index in [1.807, 2.05) is 36.1 Å².